The number of carbonyl (C=O) groups excluding carboxylic acids is 3. The zero-order valence-corrected chi connectivity index (χ0v) is 15.4. The summed E-state index contributed by atoms with van der Waals surface area (Å²) in [5, 5.41) is 2.29. The third-order valence-corrected chi connectivity index (χ3v) is 5.69. The fraction of sp³-hybridized carbons (Fsp3) is 0.500. The highest BCUT2D eigenvalue weighted by Gasteiger charge is 2.40. The van der Waals surface area contributed by atoms with E-state index in [9.17, 15) is 14.4 Å². The van der Waals surface area contributed by atoms with Gasteiger partial charge in [0.05, 0.1) is 10.5 Å². The Bertz CT molecular complexity index is 617. The van der Waals surface area contributed by atoms with Crippen molar-refractivity contribution in [2.75, 3.05) is 11.9 Å². The van der Waals surface area contributed by atoms with Gasteiger partial charge in [-0.2, -0.15) is 0 Å². The van der Waals surface area contributed by atoms with E-state index in [-0.39, 0.29) is 34.8 Å². The van der Waals surface area contributed by atoms with Crippen LogP contribution in [0.1, 0.15) is 37.8 Å². The van der Waals surface area contributed by atoms with Crippen molar-refractivity contribution in [2.45, 2.75) is 51.0 Å². The van der Waals surface area contributed by atoms with E-state index in [4.69, 9.17) is 0 Å². The number of imide groups is 1. The largest absolute Gasteiger partial charge is 0.325 e. The Morgan fingerprint density at radius 1 is 1.04 bits per heavy atom. The van der Waals surface area contributed by atoms with E-state index < -0.39 is 0 Å². The van der Waals surface area contributed by atoms with Crippen LogP contribution in [-0.2, 0) is 14.4 Å². The minimum Gasteiger partial charge on any atom is -0.325 e. The monoisotopic (exact) mass is 348 g/mol. The molecule has 1 aliphatic rings. The van der Waals surface area contributed by atoms with E-state index in [0.29, 0.717) is 18.5 Å². The molecule has 1 heterocycles. The third kappa shape index (κ3) is 4.17. The molecule has 130 valence electrons. The van der Waals surface area contributed by atoms with Gasteiger partial charge in [-0.25, -0.2) is 0 Å². The van der Waals surface area contributed by atoms with Crippen molar-refractivity contribution in [3.63, 3.8) is 0 Å². The van der Waals surface area contributed by atoms with Gasteiger partial charge in [-0.15, -0.1) is 11.8 Å². The van der Waals surface area contributed by atoms with E-state index in [1.807, 2.05) is 45.9 Å². The topological polar surface area (TPSA) is 66.5 Å². The number of nitrogens with zero attached hydrogens (tertiary/aromatic N) is 1. The quantitative estimate of drug-likeness (QED) is 0.831. The fourth-order valence-electron chi connectivity index (χ4n) is 2.86. The molecule has 0 aliphatic carbocycles. The zero-order chi connectivity index (χ0) is 17.9. The highest BCUT2D eigenvalue weighted by atomic mass is 32.2. The molecule has 0 radical (unpaired) electrons. The van der Waals surface area contributed by atoms with Crippen LogP contribution in [0.15, 0.2) is 18.2 Å². The second-order valence-corrected chi connectivity index (χ2v) is 7.53. The number of thioether (sulfide) groups is 1. The summed E-state index contributed by atoms with van der Waals surface area (Å²) in [4.78, 5) is 38.3. The molecule has 0 spiro atoms. The average Bonchev–Trinajstić information content (AvgIpc) is 2.50. The third-order valence-electron chi connectivity index (χ3n) is 3.96. The maximum Gasteiger partial charge on any atom is 0.244 e. The van der Waals surface area contributed by atoms with Crippen molar-refractivity contribution >= 4 is 35.2 Å². The van der Waals surface area contributed by atoms with Crippen LogP contribution in [-0.4, -0.2) is 39.7 Å². The minimum atomic E-state index is -0.349. The van der Waals surface area contributed by atoms with Gasteiger partial charge in [-0.3, -0.25) is 19.3 Å². The smallest absolute Gasteiger partial charge is 0.244 e. The van der Waals surface area contributed by atoms with E-state index >= 15 is 0 Å². The summed E-state index contributed by atoms with van der Waals surface area (Å²) in [6, 6.07) is 5.75. The van der Waals surface area contributed by atoms with Crippen molar-refractivity contribution < 1.29 is 14.4 Å². The molecule has 6 heteroatoms. The molecule has 2 rings (SSSR count). The molecule has 1 saturated heterocycles. The molecule has 0 aromatic heterocycles. The molecule has 1 aromatic carbocycles. The van der Waals surface area contributed by atoms with E-state index in [2.05, 4.69) is 5.32 Å². The Balaban J connectivity index is 2.10. The fourth-order valence-corrected chi connectivity index (χ4v) is 4.13. The van der Waals surface area contributed by atoms with Crippen LogP contribution in [0.25, 0.3) is 0 Å². The van der Waals surface area contributed by atoms with Gasteiger partial charge in [0.1, 0.15) is 6.54 Å². The van der Waals surface area contributed by atoms with Gasteiger partial charge in [0, 0.05) is 5.69 Å². The lowest BCUT2D eigenvalue weighted by molar-refractivity contribution is -0.147. The molecule has 1 aromatic rings. The lowest BCUT2D eigenvalue weighted by Crippen LogP contribution is -2.53. The first-order chi connectivity index (χ1) is 11.3. The van der Waals surface area contributed by atoms with Crippen molar-refractivity contribution in [2.24, 2.45) is 0 Å². The van der Waals surface area contributed by atoms with Gasteiger partial charge >= 0.3 is 0 Å². The molecule has 24 heavy (non-hydrogen) atoms. The number of anilines is 1. The molecule has 0 bridgehead atoms. The number of nitrogens with one attached hydrogen (secondary N) is 1. The molecular formula is C18H24N2O3S. The number of hydrogen-bond donors (Lipinski definition) is 1. The Morgan fingerprint density at radius 3 is 2.00 bits per heavy atom. The van der Waals surface area contributed by atoms with E-state index in [0.717, 1.165) is 16.0 Å². The van der Waals surface area contributed by atoms with Crippen LogP contribution in [0.5, 0.6) is 0 Å². The van der Waals surface area contributed by atoms with Crippen LogP contribution in [0.3, 0.4) is 0 Å². The first-order valence-electron chi connectivity index (χ1n) is 8.24. The number of benzene rings is 1. The Labute approximate surface area is 147 Å². The van der Waals surface area contributed by atoms with Crippen molar-refractivity contribution in [1.82, 2.24) is 4.90 Å². The second-order valence-electron chi connectivity index (χ2n) is 6.12. The number of carbonyl (C=O) groups is 3. The Kier molecular flexibility index (Phi) is 6.04. The highest BCUT2D eigenvalue weighted by molar-refractivity contribution is 8.02. The summed E-state index contributed by atoms with van der Waals surface area (Å²) in [6.07, 6.45) is 1.31. The molecule has 3 amide bonds. The molecule has 5 nitrogen and oxygen atoms in total. The number of aryl methyl sites for hydroxylation is 2. The van der Waals surface area contributed by atoms with Gasteiger partial charge < -0.3 is 5.32 Å². The standard InChI is InChI=1S/C18H24N2O3S/c1-5-14-17(22)20(18(23)15(6-2)24-14)10-16(21)19-13-8-11(3)7-12(4)9-13/h7-9,14-15H,5-6,10H2,1-4H3,(H,19,21)/t14-,15-/m1/s1. The maximum absolute atomic E-state index is 12.4. The molecule has 0 unspecified atom stereocenters. The summed E-state index contributed by atoms with van der Waals surface area (Å²) in [7, 11) is 0. The predicted molar refractivity (Wildman–Crippen MR) is 97.0 cm³/mol. The minimum absolute atomic E-state index is 0.224. The number of hydrogen-bond acceptors (Lipinski definition) is 4. The second kappa shape index (κ2) is 7.83. The maximum atomic E-state index is 12.4. The summed E-state index contributed by atoms with van der Waals surface area (Å²) in [5.41, 5.74) is 2.77. The van der Waals surface area contributed by atoms with Gasteiger partial charge in [-0.1, -0.05) is 19.9 Å². The van der Waals surface area contributed by atoms with Crippen LogP contribution < -0.4 is 5.32 Å². The lowest BCUT2D eigenvalue weighted by Gasteiger charge is -2.34. The number of rotatable bonds is 5. The Hall–Kier alpha value is -1.82. The number of amides is 3. The van der Waals surface area contributed by atoms with Gasteiger partial charge in [0.2, 0.25) is 17.7 Å². The molecule has 1 fully saturated rings. The van der Waals surface area contributed by atoms with Gasteiger partial charge in [0.25, 0.3) is 0 Å². The van der Waals surface area contributed by atoms with E-state index in [1.54, 1.807) is 0 Å². The van der Waals surface area contributed by atoms with Crippen LogP contribution in [0.2, 0.25) is 0 Å². The SMILES string of the molecule is CC[C@H]1S[C@H](CC)C(=O)N(CC(=O)Nc2cc(C)cc(C)c2)C1=O. The first-order valence-corrected chi connectivity index (χ1v) is 9.18. The predicted octanol–water partition coefficient (Wildman–Crippen LogP) is 2.90. The summed E-state index contributed by atoms with van der Waals surface area (Å²) in [6.45, 7) is 7.53. The summed E-state index contributed by atoms with van der Waals surface area (Å²) in [5.74, 6) is -0.862. The van der Waals surface area contributed by atoms with Gasteiger partial charge in [-0.05, 0) is 49.9 Å². The molecule has 1 N–H and O–H groups in total. The normalized spacial score (nSPS) is 21.1. The first kappa shape index (κ1) is 18.5. The zero-order valence-electron chi connectivity index (χ0n) is 14.6. The highest BCUT2D eigenvalue weighted by Crippen LogP contribution is 2.31. The van der Waals surface area contributed by atoms with Crippen LogP contribution in [0, 0.1) is 13.8 Å². The van der Waals surface area contributed by atoms with Crippen molar-refractivity contribution in [3.8, 4) is 0 Å². The summed E-state index contributed by atoms with van der Waals surface area (Å²) >= 11 is 1.41. The molecule has 2 atom stereocenters. The molecular weight excluding hydrogens is 324 g/mol. The average molecular weight is 348 g/mol. The van der Waals surface area contributed by atoms with Crippen molar-refractivity contribution in [3.05, 3.63) is 29.3 Å². The Morgan fingerprint density at radius 2 is 1.54 bits per heavy atom. The van der Waals surface area contributed by atoms with Crippen LogP contribution in [0.4, 0.5) is 5.69 Å². The molecule has 1 aliphatic heterocycles. The van der Waals surface area contributed by atoms with Gasteiger partial charge in [0.15, 0.2) is 0 Å². The van der Waals surface area contributed by atoms with Crippen molar-refractivity contribution in [1.29, 1.82) is 0 Å². The lowest BCUT2D eigenvalue weighted by atomic mass is 10.1. The van der Waals surface area contributed by atoms with Crippen LogP contribution >= 0.6 is 11.8 Å². The van der Waals surface area contributed by atoms with E-state index in [1.165, 1.54) is 11.8 Å². The molecule has 0 saturated carbocycles. The summed E-state index contributed by atoms with van der Waals surface area (Å²) < 4.78 is 0.